The zero-order valence-electron chi connectivity index (χ0n) is 12.0. The number of carboxylic acid groups (broad SMARTS) is 2. The topological polar surface area (TPSA) is 133 Å². The summed E-state index contributed by atoms with van der Waals surface area (Å²) in [5.74, 6) is -3.65. The number of nitrogens with one attached hydrogen (secondary N) is 2. The Labute approximate surface area is 126 Å². The van der Waals surface area contributed by atoms with Crippen molar-refractivity contribution < 1.29 is 29.4 Å². The summed E-state index contributed by atoms with van der Waals surface area (Å²) >= 11 is 0. The molecule has 1 rings (SSSR count). The second-order valence-electron chi connectivity index (χ2n) is 4.65. The van der Waals surface area contributed by atoms with E-state index in [9.17, 15) is 19.2 Å². The van der Waals surface area contributed by atoms with Gasteiger partial charge in [0.15, 0.2) is 0 Å². The zero-order valence-corrected chi connectivity index (χ0v) is 12.0. The minimum absolute atomic E-state index is 0.101. The molecule has 0 aliphatic rings. The Hall–Kier alpha value is -2.90. The van der Waals surface area contributed by atoms with Crippen LogP contribution in [0.1, 0.15) is 34.6 Å². The van der Waals surface area contributed by atoms with Gasteiger partial charge in [-0.05, 0) is 32.0 Å². The minimum Gasteiger partial charge on any atom is -0.480 e. The van der Waals surface area contributed by atoms with Gasteiger partial charge in [0.1, 0.15) is 12.1 Å². The summed E-state index contributed by atoms with van der Waals surface area (Å²) in [5, 5.41) is 22.0. The Bertz CT molecular complexity index is 564. The van der Waals surface area contributed by atoms with Crippen LogP contribution in [-0.4, -0.2) is 46.0 Å². The SMILES string of the molecule is C[C@@H](NC(=O)c1cccc(C(=O)N[C@H](C)C(=O)O)c1)C(=O)O. The molecule has 0 spiro atoms. The molecular formula is C14H16N2O6. The number of carbonyl (C=O) groups is 4. The quantitative estimate of drug-likeness (QED) is 0.589. The predicted octanol–water partition coefficient (Wildman–Crippen LogP) is 0.0924. The number of hydrogen-bond donors (Lipinski definition) is 4. The Balaban J connectivity index is 2.85. The number of aliphatic carboxylic acids is 2. The molecule has 0 aliphatic carbocycles. The van der Waals surface area contributed by atoms with E-state index in [1.54, 1.807) is 0 Å². The van der Waals surface area contributed by atoms with E-state index in [2.05, 4.69) is 10.6 Å². The fourth-order valence-electron chi connectivity index (χ4n) is 1.49. The van der Waals surface area contributed by atoms with Gasteiger partial charge in [-0.15, -0.1) is 0 Å². The summed E-state index contributed by atoms with van der Waals surface area (Å²) in [6.07, 6.45) is 0. The molecule has 8 heteroatoms. The fraction of sp³-hybridized carbons (Fsp3) is 0.286. The van der Waals surface area contributed by atoms with Crippen LogP contribution in [0.4, 0.5) is 0 Å². The van der Waals surface area contributed by atoms with Gasteiger partial charge in [0.2, 0.25) is 0 Å². The van der Waals surface area contributed by atoms with Crippen molar-refractivity contribution >= 4 is 23.8 Å². The van der Waals surface area contributed by atoms with Gasteiger partial charge < -0.3 is 20.8 Å². The van der Waals surface area contributed by atoms with Gasteiger partial charge in [-0.2, -0.15) is 0 Å². The number of hydrogen-bond acceptors (Lipinski definition) is 4. The maximum Gasteiger partial charge on any atom is 0.325 e. The summed E-state index contributed by atoms with van der Waals surface area (Å²) in [7, 11) is 0. The normalized spacial score (nSPS) is 12.8. The van der Waals surface area contributed by atoms with E-state index in [-0.39, 0.29) is 11.1 Å². The second-order valence-corrected chi connectivity index (χ2v) is 4.65. The zero-order chi connectivity index (χ0) is 16.9. The average Bonchev–Trinajstić information content (AvgIpc) is 2.46. The van der Waals surface area contributed by atoms with Crippen molar-refractivity contribution in [1.29, 1.82) is 0 Å². The highest BCUT2D eigenvalue weighted by atomic mass is 16.4. The third kappa shape index (κ3) is 4.58. The Kier molecular flexibility index (Phi) is 5.62. The molecule has 2 atom stereocenters. The first-order valence-electron chi connectivity index (χ1n) is 6.39. The molecule has 0 bridgehead atoms. The van der Waals surface area contributed by atoms with Crippen molar-refractivity contribution in [3.63, 3.8) is 0 Å². The molecule has 0 fully saturated rings. The summed E-state index contributed by atoms with van der Waals surface area (Å²) in [6.45, 7) is 2.62. The first kappa shape index (κ1) is 17.2. The molecule has 0 unspecified atom stereocenters. The fourth-order valence-corrected chi connectivity index (χ4v) is 1.49. The average molecular weight is 308 g/mol. The maximum atomic E-state index is 11.9. The van der Waals surface area contributed by atoms with E-state index in [4.69, 9.17) is 10.2 Å². The van der Waals surface area contributed by atoms with E-state index >= 15 is 0 Å². The van der Waals surface area contributed by atoms with Gasteiger partial charge in [-0.25, -0.2) is 0 Å². The van der Waals surface area contributed by atoms with Crippen molar-refractivity contribution in [2.75, 3.05) is 0 Å². The van der Waals surface area contributed by atoms with E-state index in [1.807, 2.05) is 0 Å². The third-order valence-electron chi connectivity index (χ3n) is 2.82. The van der Waals surface area contributed by atoms with Crippen LogP contribution in [0.3, 0.4) is 0 Å². The molecule has 0 saturated heterocycles. The lowest BCUT2D eigenvalue weighted by Gasteiger charge is -2.11. The largest absolute Gasteiger partial charge is 0.480 e. The first-order valence-corrected chi connectivity index (χ1v) is 6.39. The molecule has 8 nitrogen and oxygen atoms in total. The highest BCUT2D eigenvalue weighted by Crippen LogP contribution is 2.06. The standard InChI is InChI=1S/C14H16N2O6/c1-7(13(19)20)15-11(17)9-4-3-5-10(6-9)12(18)16-8(2)14(21)22/h3-8H,1-2H3,(H,15,17)(H,16,18)(H,19,20)(H,21,22)/t7-,8-/m1/s1. The molecule has 4 N–H and O–H groups in total. The molecule has 0 aliphatic heterocycles. The highest BCUT2D eigenvalue weighted by Gasteiger charge is 2.18. The van der Waals surface area contributed by atoms with E-state index in [0.717, 1.165) is 0 Å². The van der Waals surface area contributed by atoms with Gasteiger partial charge >= 0.3 is 11.9 Å². The van der Waals surface area contributed by atoms with E-state index < -0.39 is 35.8 Å². The maximum absolute atomic E-state index is 11.9. The molecule has 118 valence electrons. The summed E-state index contributed by atoms with van der Waals surface area (Å²) in [4.78, 5) is 45.1. The molecule has 0 saturated carbocycles. The van der Waals surface area contributed by atoms with Crippen LogP contribution in [0, 0.1) is 0 Å². The molecule has 0 heterocycles. The molecule has 0 aromatic heterocycles. The number of carbonyl (C=O) groups excluding carboxylic acids is 2. The lowest BCUT2D eigenvalue weighted by molar-refractivity contribution is -0.139. The van der Waals surface area contributed by atoms with Crippen LogP contribution < -0.4 is 10.6 Å². The van der Waals surface area contributed by atoms with Crippen LogP contribution >= 0.6 is 0 Å². The molecule has 0 radical (unpaired) electrons. The van der Waals surface area contributed by atoms with Crippen LogP contribution in [0.2, 0.25) is 0 Å². The number of amides is 2. The van der Waals surface area contributed by atoms with E-state index in [0.29, 0.717) is 0 Å². The Morgan fingerprint density at radius 3 is 1.55 bits per heavy atom. The van der Waals surface area contributed by atoms with E-state index in [1.165, 1.54) is 38.1 Å². The van der Waals surface area contributed by atoms with Gasteiger partial charge in [0.05, 0.1) is 0 Å². The van der Waals surface area contributed by atoms with Crippen molar-refractivity contribution in [3.8, 4) is 0 Å². The van der Waals surface area contributed by atoms with Crippen molar-refractivity contribution in [2.24, 2.45) is 0 Å². The molecule has 1 aromatic carbocycles. The monoisotopic (exact) mass is 308 g/mol. The van der Waals surface area contributed by atoms with Gasteiger partial charge in [0.25, 0.3) is 11.8 Å². The lowest BCUT2D eigenvalue weighted by Crippen LogP contribution is -2.39. The van der Waals surface area contributed by atoms with Crippen molar-refractivity contribution in [3.05, 3.63) is 35.4 Å². The summed E-state index contributed by atoms with van der Waals surface area (Å²) in [5.41, 5.74) is 0.201. The number of benzene rings is 1. The summed E-state index contributed by atoms with van der Waals surface area (Å²) in [6, 6.07) is 3.39. The minimum atomic E-state index is -1.18. The lowest BCUT2D eigenvalue weighted by atomic mass is 10.1. The highest BCUT2D eigenvalue weighted by molar-refractivity contribution is 6.01. The van der Waals surface area contributed by atoms with Crippen molar-refractivity contribution in [2.45, 2.75) is 25.9 Å². The predicted molar refractivity (Wildman–Crippen MR) is 75.6 cm³/mol. The summed E-state index contributed by atoms with van der Waals surface area (Å²) < 4.78 is 0. The molecule has 2 amide bonds. The number of carboxylic acids is 2. The third-order valence-corrected chi connectivity index (χ3v) is 2.82. The van der Waals surface area contributed by atoms with Gasteiger partial charge in [-0.1, -0.05) is 6.07 Å². The smallest absolute Gasteiger partial charge is 0.325 e. The van der Waals surface area contributed by atoms with Crippen LogP contribution in [0.5, 0.6) is 0 Å². The van der Waals surface area contributed by atoms with Crippen LogP contribution in [0.25, 0.3) is 0 Å². The number of rotatable bonds is 6. The Morgan fingerprint density at radius 1 is 0.864 bits per heavy atom. The molecule has 22 heavy (non-hydrogen) atoms. The van der Waals surface area contributed by atoms with Gasteiger partial charge in [-0.3, -0.25) is 19.2 Å². The Morgan fingerprint density at radius 2 is 1.23 bits per heavy atom. The molecule has 1 aromatic rings. The van der Waals surface area contributed by atoms with Gasteiger partial charge in [0, 0.05) is 11.1 Å². The molecular weight excluding hydrogens is 292 g/mol. The first-order chi connectivity index (χ1) is 10.2. The van der Waals surface area contributed by atoms with Crippen molar-refractivity contribution in [1.82, 2.24) is 10.6 Å². The van der Waals surface area contributed by atoms with Crippen LogP contribution in [-0.2, 0) is 9.59 Å². The second kappa shape index (κ2) is 7.21. The van der Waals surface area contributed by atoms with Crippen LogP contribution in [0.15, 0.2) is 24.3 Å².